The van der Waals surface area contributed by atoms with Crippen molar-refractivity contribution in [2.24, 2.45) is 5.92 Å². The van der Waals surface area contributed by atoms with Crippen LogP contribution in [0, 0.1) is 5.92 Å². The van der Waals surface area contributed by atoms with Crippen LogP contribution in [0.25, 0.3) is 26.8 Å². The Morgan fingerprint density at radius 3 is 2.42 bits per heavy atom. The Bertz CT molecular complexity index is 1860. The molecule has 2 aromatic carbocycles. The maximum atomic E-state index is 13.3. The molecule has 11 heteroatoms. The average molecular weight is 576 g/mol. The van der Waals surface area contributed by atoms with Crippen molar-refractivity contribution >= 4 is 61.4 Å². The second-order valence-corrected chi connectivity index (χ2v) is 11.9. The normalized spacial score (nSPS) is 15.3. The van der Waals surface area contributed by atoms with E-state index < -0.39 is 0 Å². The summed E-state index contributed by atoms with van der Waals surface area (Å²) >= 11 is 7.93. The molecule has 40 heavy (non-hydrogen) atoms. The topological polar surface area (TPSA) is 79.5 Å². The highest BCUT2D eigenvalue weighted by atomic mass is 35.5. The number of benzene rings is 2. The minimum absolute atomic E-state index is 0.210. The lowest BCUT2D eigenvalue weighted by atomic mass is 10.1. The second-order valence-electron chi connectivity index (χ2n) is 10.6. The number of hydrogen-bond acceptors (Lipinski definition) is 8. The Morgan fingerprint density at radius 2 is 1.65 bits per heavy atom. The van der Waals surface area contributed by atoms with Gasteiger partial charge in [-0.25, -0.2) is 9.59 Å². The van der Waals surface area contributed by atoms with Crippen molar-refractivity contribution in [2.45, 2.75) is 13.0 Å². The van der Waals surface area contributed by atoms with Gasteiger partial charge in [0, 0.05) is 63.9 Å². The van der Waals surface area contributed by atoms with Crippen LogP contribution < -0.4 is 26.1 Å². The zero-order valence-electron chi connectivity index (χ0n) is 22.8. The number of aromatic nitrogens is 4. The third-order valence-electron chi connectivity index (χ3n) is 7.42. The van der Waals surface area contributed by atoms with Gasteiger partial charge in [-0.3, -0.25) is 9.13 Å². The van der Waals surface area contributed by atoms with Gasteiger partial charge in [0.15, 0.2) is 0 Å². The third-order valence-corrected chi connectivity index (χ3v) is 8.60. The fourth-order valence-electron chi connectivity index (χ4n) is 5.56. The Balaban J connectivity index is 1.31. The second kappa shape index (κ2) is 10.3. The molecular weight excluding hydrogens is 546 g/mol. The van der Waals surface area contributed by atoms with E-state index >= 15 is 0 Å². The van der Waals surface area contributed by atoms with E-state index in [2.05, 4.69) is 20.9 Å². The molecule has 6 rings (SSSR count). The molecule has 206 valence electrons. The Kier molecular flexibility index (Phi) is 6.75. The van der Waals surface area contributed by atoms with Crippen LogP contribution in [0.4, 0.5) is 17.3 Å². The maximum Gasteiger partial charge on any atom is 0.354 e. The first-order valence-electron chi connectivity index (χ1n) is 13.1. The first-order chi connectivity index (χ1) is 19.2. The molecule has 0 aliphatic carbocycles. The van der Waals surface area contributed by atoms with Crippen molar-refractivity contribution in [3.63, 3.8) is 0 Å². The van der Waals surface area contributed by atoms with Gasteiger partial charge >= 0.3 is 11.4 Å². The predicted octanol–water partition coefficient (Wildman–Crippen LogP) is 4.47. The van der Waals surface area contributed by atoms with Crippen molar-refractivity contribution in [3.8, 4) is 5.69 Å². The van der Waals surface area contributed by atoms with E-state index in [1.165, 1.54) is 0 Å². The minimum Gasteiger partial charge on any atom is -0.371 e. The summed E-state index contributed by atoms with van der Waals surface area (Å²) in [5.41, 5.74) is 1.89. The summed E-state index contributed by atoms with van der Waals surface area (Å²) in [7, 11) is 7.55. The summed E-state index contributed by atoms with van der Waals surface area (Å²) in [6.07, 6.45) is 0.955. The van der Waals surface area contributed by atoms with Gasteiger partial charge in [-0.05, 0) is 60.2 Å². The fourth-order valence-corrected chi connectivity index (χ4v) is 6.62. The van der Waals surface area contributed by atoms with Crippen molar-refractivity contribution in [2.75, 3.05) is 56.0 Å². The van der Waals surface area contributed by atoms with Crippen LogP contribution >= 0.6 is 22.9 Å². The average Bonchev–Trinajstić information content (AvgIpc) is 3.59. The van der Waals surface area contributed by atoms with E-state index in [4.69, 9.17) is 11.6 Å². The SMILES string of the molecule is CN(C)c1nc(=O)n(CC2CCN(c3cccc(-n4c(=O)nc(N(C)C)c5ccc(Cl)cc54)c3)C2)c2sccc12. The Hall–Kier alpha value is -3.89. The van der Waals surface area contributed by atoms with Gasteiger partial charge < -0.3 is 14.7 Å². The molecule has 1 aliphatic heterocycles. The Morgan fingerprint density at radius 1 is 0.925 bits per heavy atom. The number of anilines is 3. The van der Waals surface area contributed by atoms with Gasteiger partial charge in [-0.2, -0.15) is 9.97 Å². The summed E-state index contributed by atoms with van der Waals surface area (Å²) in [6, 6.07) is 15.5. The number of halogens is 1. The van der Waals surface area contributed by atoms with Crippen LogP contribution in [0.2, 0.25) is 5.02 Å². The number of thiophene rings is 1. The largest absolute Gasteiger partial charge is 0.371 e. The summed E-state index contributed by atoms with van der Waals surface area (Å²) in [4.78, 5) is 42.0. The highest BCUT2D eigenvalue weighted by molar-refractivity contribution is 7.16. The monoisotopic (exact) mass is 575 g/mol. The number of fused-ring (bicyclic) bond motifs is 2. The molecule has 4 heterocycles. The summed E-state index contributed by atoms with van der Waals surface area (Å²) in [5, 5.41) is 4.42. The maximum absolute atomic E-state index is 13.3. The fraction of sp³-hybridized carbons (Fsp3) is 0.310. The quantitative estimate of drug-likeness (QED) is 0.295. The summed E-state index contributed by atoms with van der Waals surface area (Å²) in [6.45, 7) is 2.28. The molecule has 1 aliphatic rings. The molecule has 0 saturated carbocycles. The van der Waals surface area contributed by atoms with E-state index in [-0.39, 0.29) is 11.4 Å². The molecule has 0 radical (unpaired) electrons. The van der Waals surface area contributed by atoms with Crippen molar-refractivity contribution in [1.29, 1.82) is 0 Å². The van der Waals surface area contributed by atoms with Gasteiger partial charge in [0.05, 0.1) is 16.6 Å². The van der Waals surface area contributed by atoms with Crippen molar-refractivity contribution in [1.82, 2.24) is 19.1 Å². The smallest absolute Gasteiger partial charge is 0.354 e. The van der Waals surface area contributed by atoms with Crippen LogP contribution in [0.1, 0.15) is 6.42 Å². The van der Waals surface area contributed by atoms with Crippen LogP contribution in [0.5, 0.6) is 0 Å². The molecule has 1 atom stereocenters. The summed E-state index contributed by atoms with van der Waals surface area (Å²) < 4.78 is 3.45. The van der Waals surface area contributed by atoms with Gasteiger partial charge in [0.25, 0.3) is 0 Å². The van der Waals surface area contributed by atoms with E-state index in [9.17, 15) is 9.59 Å². The highest BCUT2D eigenvalue weighted by Crippen LogP contribution is 2.31. The third kappa shape index (κ3) is 4.61. The Labute approximate surface area is 240 Å². The molecule has 3 aromatic heterocycles. The molecule has 9 nitrogen and oxygen atoms in total. The molecule has 1 fully saturated rings. The standard InChI is InChI=1S/C29H30ClN7O2S/c1-33(2)25-22-9-8-19(30)14-24(22)37(29(39)32-25)21-7-5-6-20(15-21)35-12-10-18(16-35)17-36-27-23(11-13-40-27)26(34(3)4)31-28(36)38/h5-9,11,13-15,18H,10,12,16-17H2,1-4H3. The molecule has 0 spiro atoms. The first-order valence-corrected chi connectivity index (χ1v) is 14.4. The number of rotatable bonds is 6. The summed E-state index contributed by atoms with van der Waals surface area (Å²) in [5.74, 6) is 1.61. The number of hydrogen-bond donors (Lipinski definition) is 0. The van der Waals surface area contributed by atoms with Gasteiger partial charge in [-0.15, -0.1) is 11.3 Å². The van der Waals surface area contributed by atoms with E-state index in [1.807, 2.05) is 90.4 Å². The van der Waals surface area contributed by atoms with E-state index in [0.717, 1.165) is 46.5 Å². The van der Waals surface area contributed by atoms with E-state index in [0.29, 0.717) is 34.6 Å². The first kappa shape index (κ1) is 26.3. The van der Waals surface area contributed by atoms with Crippen molar-refractivity contribution in [3.05, 3.63) is 79.9 Å². The van der Waals surface area contributed by atoms with Crippen LogP contribution in [0.3, 0.4) is 0 Å². The zero-order valence-corrected chi connectivity index (χ0v) is 24.4. The molecule has 0 bridgehead atoms. The number of nitrogens with zero attached hydrogens (tertiary/aromatic N) is 7. The lowest BCUT2D eigenvalue weighted by Crippen LogP contribution is -2.29. The molecule has 0 amide bonds. The molecular formula is C29H30ClN7O2S. The van der Waals surface area contributed by atoms with Crippen LogP contribution in [-0.4, -0.2) is 60.4 Å². The molecule has 0 N–H and O–H groups in total. The van der Waals surface area contributed by atoms with Crippen molar-refractivity contribution < 1.29 is 0 Å². The van der Waals surface area contributed by atoms with Gasteiger partial charge in [0.1, 0.15) is 16.5 Å². The van der Waals surface area contributed by atoms with Crippen LogP contribution in [-0.2, 0) is 6.54 Å². The molecule has 5 aromatic rings. The lowest BCUT2D eigenvalue weighted by Gasteiger charge is -2.21. The lowest BCUT2D eigenvalue weighted by molar-refractivity contribution is 0.482. The van der Waals surface area contributed by atoms with Gasteiger partial charge in [0.2, 0.25) is 0 Å². The van der Waals surface area contributed by atoms with Gasteiger partial charge in [-0.1, -0.05) is 17.7 Å². The zero-order chi connectivity index (χ0) is 28.1. The highest BCUT2D eigenvalue weighted by Gasteiger charge is 2.25. The van der Waals surface area contributed by atoms with Crippen LogP contribution in [0.15, 0.2) is 63.5 Å². The van der Waals surface area contributed by atoms with E-state index in [1.54, 1.807) is 15.9 Å². The minimum atomic E-state index is -0.358. The predicted molar refractivity (Wildman–Crippen MR) is 165 cm³/mol. The molecule has 1 unspecified atom stereocenters. The molecule has 1 saturated heterocycles.